The second-order valence-corrected chi connectivity index (χ2v) is 9.10. The van der Waals surface area contributed by atoms with Gasteiger partial charge in [0.05, 0.1) is 10.4 Å². The molecule has 1 aromatic heterocycles. The molecule has 0 radical (unpaired) electrons. The molecule has 0 aliphatic carbocycles. The minimum absolute atomic E-state index is 0.0249. The van der Waals surface area contributed by atoms with Crippen LogP contribution in [0.5, 0.6) is 0 Å². The smallest absolute Gasteiger partial charge is 0.264 e. The Morgan fingerprint density at radius 2 is 2.06 bits per heavy atom. The Bertz CT molecular complexity index is 1280. The van der Waals surface area contributed by atoms with E-state index in [4.69, 9.17) is 16.7 Å². The highest BCUT2D eigenvalue weighted by atomic mass is 32.1. The number of nitrogens with two attached hydrogens (primary N) is 2. The molecule has 4 rings (SSSR count). The van der Waals surface area contributed by atoms with Gasteiger partial charge in [-0.1, -0.05) is 12.1 Å². The number of carbonyl (C=O) groups excluding carboxylic acids is 1. The van der Waals surface area contributed by atoms with Crippen molar-refractivity contribution in [3.05, 3.63) is 64.3 Å². The topological polar surface area (TPSA) is 108 Å². The molecule has 1 saturated heterocycles. The zero-order chi connectivity index (χ0) is 23.5. The molecule has 4 N–H and O–H groups in total. The zero-order valence-electron chi connectivity index (χ0n) is 18.2. The maximum absolute atomic E-state index is 14.4. The predicted octanol–water partition coefficient (Wildman–Crippen LogP) is 4.29. The molecule has 1 aliphatic rings. The second-order valence-electron chi connectivity index (χ2n) is 8.04. The van der Waals surface area contributed by atoms with Crippen LogP contribution in [0.4, 0.5) is 10.1 Å². The second kappa shape index (κ2) is 9.53. The summed E-state index contributed by atoms with van der Waals surface area (Å²) in [6, 6.07) is 13.7. The number of nitriles is 1. The summed E-state index contributed by atoms with van der Waals surface area (Å²) in [6.07, 6.45) is 3.45. The average Bonchev–Trinajstić information content (AvgIpc) is 3.25. The molecule has 1 amide bonds. The van der Waals surface area contributed by atoms with E-state index in [1.165, 1.54) is 23.5 Å². The number of likely N-dealkylation sites (tertiary alicyclic amines) is 1. The summed E-state index contributed by atoms with van der Waals surface area (Å²) in [5.41, 5.74) is 15.6. The first-order valence-corrected chi connectivity index (χ1v) is 11.4. The van der Waals surface area contributed by atoms with Gasteiger partial charge in [-0.05, 0) is 54.3 Å². The van der Waals surface area contributed by atoms with Crippen molar-refractivity contribution in [1.29, 1.82) is 5.26 Å². The van der Waals surface area contributed by atoms with Gasteiger partial charge in [0, 0.05) is 54.1 Å². The summed E-state index contributed by atoms with van der Waals surface area (Å²) in [6.45, 7) is 1.19. The van der Waals surface area contributed by atoms with Crippen LogP contribution in [-0.2, 0) is 0 Å². The van der Waals surface area contributed by atoms with Gasteiger partial charge in [0.1, 0.15) is 11.9 Å². The van der Waals surface area contributed by atoms with Crippen LogP contribution in [0.2, 0.25) is 0 Å². The Balaban J connectivity index is 1.84. The number of hydrogen-bond acceptors (Lipinski definition) is 6. The molecule has 1 atom stereocenters. The molecular weight excluding hydrogens is 437 g/mol. The van der Waals surface area contributed by atoms with Gasteiger partial charge in [0.2, 0.25) is 0 Å². The summed E-state index contributed by atoms with van der Waals surface area (Å²) in [7, 11) is 1.67. The number of hydrogen-bond donors (Lipinski definition) is 2. The first-order valence-electron chi connectivity index (χ1n) is 10.6. The minimum Gasteiger partial charge on any atom is -0.398 e. The zero-order valence-corrected chi connectivity index (χ0v) is 19.0. The molecule has 3 aromatic rings. The van der Waals surface area contributed by atoms with Gasteiger partial charge in [-0.15, -0.1) is 11.3 Å². The van der Waals surface area contributed by atoms with E-state index < -0.39 is 5.82 Å². The minimum atomic E-state index is -0.599. The van der Waals surface area contributed by atoms with Crippen LogP contribution in [0, 0.1) is 17.1 Å². The fourth-order valence-electron chi connectivity index (χ4n) is 4.02. The third-order valence-electron chi connectivity index (χ3n) is 5.71. The normalized spacial score (nSPS) is 16.2. The van der Waals surface area contributed by atoms with Crippen molar-refractivity contribution >= 4 is 29.1 Å². The first-order chi connectivity index (χ1) is 15.9. The standard InChI is InChI=1S/C25H24FN5OS/c1-30-13-18-9-16(6-7-22(18)29)24-20(15-4-5-17(12-27)21(26)10-15)11-23(33-24)25(32)31-8-2-3-19(28)14-31/h4-7,9-11,13,19H,2-3,8,14,28-29H2,1H3. The third kappa shape index (κ3) is 4.65. The van der Waals surface area contributed by atoms with E-state index in [-0.39, 0.29) is 17.5 Å². The van der Waals surface area contributed by atoms with Crippen molar-refractivity contribution in [2.75, 3.05) is 25.9 Å². The lowest BCUT2D eigenvalue weighted by Crippen LogP contribution is -2.45. The molecule has 33 heavy (non-hydrogen) atoms. The highest BCUT2D eigenvalue weighted by Crippen LogP contribution is 2.41. The summed E-state index contributed by atoms with van der Waals surface area (Å²) in [5, 5.41) is 9.09. The number of carbonyl (C=O) groups is 1. The van der Waals surface area contributed by atoms with Crippen LogP contribution in [-0.4, -0.2) is 43.2 Å². The first kappa shape index (κ1) is 22.6. The number of anilines is 1. The fraction of sp³-hybridized carbons (Fsp3) is 0.240. The lowest BCUT2D eigenvalue weighted by Gasteiger charge is -2.30. The number of piperidine rings is 1. The van der Waals surface area contributed by atoms with Crippen molar-refractivity contribution in [3.8, 4) is 27.6 Å². The van der Waals surface area contributed by atoms with Gasteiger partial charge in [-0.3, -0.25) is 9.79 Å². The van der Waals surface area contributed by atoms with Crippen LogP contribution in [0.15, 0.2) is 47.5 Å². The highest BCUT2D eigenvalue weighted by molar-refractivity contribution is 7.18. The molecule has 1 aliphatic heterocycles. The number of benzene rings is 2. The van der Waals surface area contributed by atoms with Crippen molar-refractivity contribution in [3.63, 3.8) is 0 Å². The Kier molecular flexibility index (Phi) is 6.54. The lowest BCUT2D eigenvalue weighted by atomic mass is 9.99. The molecule has 2 heterocycles. The van der Waals surface area contributed by atoms with E-state index in [9.17, 15) is 9.18 Å². The molecule has 2 aromatic carbocycles. The van der Waals surface area contributed by atoms with Crippen molar-refractivity contribution < 1.29 is 9.18 Å². The Morgan fingerprint density at radius 1 is 1.27 bits per heavy atom. The maximum atomic E-state index is 14.4. The van der Waals surface area contributed by atoms with Crippen LogP contribution in [0.3, 0.4) is 0 Å². The number of rotatable bonds is 4. The van der Waals surface area contributed by atoms with Crippen molar-refractivity contribution in [2.45, 2.75) is 18.9 Å². The van der Waals surface area contributed by atoms with E-state index in [0.717, 1.165) is 34.4 Å². The van der Waals surface area contributed by atoms with Gasteiger partial charge < -0.3 is 16.4 Å². The third-order valence-corrected chi connectivity index (χ3v) is 6.88. The molecule has 1 fully saturated rings. The number of halogens is 1. The van der Waals surface area contributed by atoms with Gasteiger partial charge in [-0.2, -0.15) is 5.26 Å². The van der Waals surface area contributed by atoms with Crippen molar-refractivity contribution in [1.82, 2.24) is 4.90 Å². The van der Waals surface area contributed by atoms with E-state index in [0.29, 0.717) is 29.2 Å². The summed E-state index contributed by atoms with van der Waals surface area (Å²) in [4.78, 5) is 20.5. The average molecular weight is 462 g/mol. The van der Waals surface area contributed by atoms with E-state index in [2.05, 4.69) is 4.99 Å². The summed E-state index contributed by atoms with van der Waals surface area (Å²) < 4.78 is 14.4. The maximum Gasteiger partial charge on any atom is 0.264 e. The van der Waals surface area contributed by atoms with Crippen LogP contribution in [0.1, 0.15) is 33.6 Å². The van der Waals surface area contributed by atoms with Gasteiger partial charge in [0.25, 0.3) is 5.91 Å². The summed E-state index contributed by atoms with van der Waals surface area (Å²) in [5.74, 6) is -0.680. The number of nitrogens with zero attached hydrogens (tertiary/aromatic N) is 3. The van der Waals surface area contributed by atoms with Crippen LogP contribution < -0.4 is 11.5 Å². The molecule has 0 bridgehead atoms. The fourth-order valence-corrected chi connectivity index (χ4v) is 5.16. The number of thiophene rings is 1. The number of nitrogen functional groups attached to an aromatic ring is 1. The molecular formula is C25H24FN5OS. The van der Waals surface area contributed by atoms with Gasteiger partial charge >= 0.3 is 0 Å². The molecule has 0 spiro atoms. The Morgan fingerprint density at radius 3 is 2.76 bits per heavy atom. The summed E-state index contributed by atoms with van der Waals surface area (Å²) >= 11 is 1.35. The molecule has 1 unspecified atom stereocenters. The van der Waals surface area contributed by atoms with E-state index in [1.807, 2.05) is 18.2 Å². The lowest BCUT2D eigenvalue weighted by molar-refractivity contribution is 0.0714. The monoisotopic (exact) mass is 461 g/mol. The van der Waals surface area contributed by atoms with Crippen LogP contribution in [0.25, 0.3) is 21.6 Å². The van der Waals surface area contributed by atoms with Gasteiger partial charge in [-0.25, -0.2) is 4.39 Å². The van der Waals surface area contributed by atoms with E-state index in [1.54, 1.807) is 36.4 Å². The largest absolute Gasteiger partial charge is 0.398 e. The SMILES string of the molecule is CN=Cc1cc(-c2sc(C(=O)N3CCCC(N)C3)cc2-c2ccc(C#N)c(F)c2)ccc1N. The highest BCUT2D eigenvalue weighted by Gasteiger charge is 2.26. The number of amides is 1. The molecule has 6 nitrogen and oxygen atoms in total. The Labute approximate surface area is 196 Å². The van der Waals surface area contributed by atoms with Crippen molar-refractivity contribution in [2.24, 2.45) is 10.7 Å². The predicted molar refractivity (Wildman–Crippen MR) is 131 cm³/mol. The molecule has 168 valence electrons. The van der Waals surface area contributed by atoms with Crippen LogP contribution >= 0.6 is 11.3 Å². The van der Waals surface area contributed by atoms with E-state index >= 15 is 0 Å². The quantitative estimate of drug-likeness (QED) is 0.446. The number of aliphatic imine (C=N–C) groups is 1. The molecule has 0 saturated carbocycles. The van der Waals surface area contributed by atoms with Gasteiger partial charge in [0.15, 0.2) is 0 Å². The Hall–Kier alpha value is -3.54. The molecule has 8 heteroatoms.